The summed E-state index contributed by atoms with van der Waals surface area (Å²) in [6, 6.07) is 5.83. The Balaban J connectivity index is 2.04. The van der Waals surface area contributed by atoms with Gasteiger partial charge in [0.25, 0.3) is 0 Å². The Labute approximate surface area is 111 Å². The van der Waals surface area contributed by atoms with Crippen LogP contribution in [0.3, 0.4) is 0 Å². The minimum atomic E-state index is -0.712. The van der Waals surface area contributed by atoms with Crippen molar-refractivity contribution in [1.29, 1.82) is 0 Å². The molecule has 3 atom stereocenters. The summed E-state index contributed by atoms with van der Waals surface area (Å²) in [5.74, 6) is 0.986. The average Bonchev–Trinajstić information content (AvgIpc) is 2.65. The Kier molecular flexibility index (Phi) is 2.43. The molecule has 2 aliphatic carbocycles. The fourth-order valence-electron chi connectivity index (χ4n) is 4.07. The summed E-state index contributed by atoms with van der Waals surface area (Å²) >= 11 is 3.39. The molecule has 0 unspecified atom stereocenters. The van der Waals surface area contributed by atoms with Crippen molar-refractivity contribution < 1.29 is 5.11 Å². The van der Waals surface area contributed by atoms with Gasteiger partial charge >= 0.3 is 0 Å². The van der Waals surface area contributed by atoms with E-state index >= 15 is 0 Å². The maximum Gasteiger partial charge on any atom is 0.110 e. The molecule has 2 nitrogen and oxygen atoms in total. The quantitative estimate of drug-likeness (QED) is 0.805. The zero-order valence-electron chi connectivity index (χ0n) is 10.3. The molecule has 2 aliphatic rings. The molecule has 2 fully saturated rings. The average molecular weight is 296 g/mol. The minimum Gasteiger partial charge on any atom is -0.383 e. The van der Waals surface area contributed by atoms with E-state index in [9.17, 15) is 5.11 Å². The predicted molar refractivity (Wildman–Crippen MR) is 70.4 cm³/mol. The summed E-state index contributed by atoms with van der Waals surface area (Å²) in [6.45, 7) is 4.59. The molecule has 1 aromatic rings. The van der Waals surface area contributed by atoms with Gasteiger partial charge in [-0.1, -0.05) is 19.9 Å². The Morgan fingerprint density at radius 1 is 1.35 bits per heavy atom. The molecule has 92 valence electrons. The topological polar surface area (TPSA) is 33.1 Å². The maximum atomic E-state index is 11.0. The summed E-state index contributed by atoms with van der Waals surface area (Å²) < 4.78 is 0.809. The van der Waals surface area contributed by atoms with Gasteiger partial charge < -0.3 is 5.11 Å². The lowest BCUT2D eigenvalue weighted by Crippen LogP contribution is -2.35. The van der Waals surface area contributed by atoms with Crippen molar-refractivity contribution in [1.82, 2.24) is 4.98 Å². The van der Waals surface area contributed by atoms with E-state index in [0.717, 1.165) is 23.1 Å². The van der Waals surface area contributed by atoms with Crippen molar-refractivity contribution in [3.8, 4) is 0 Å². The summed E-state index contributed by atoms with van der Waals surface area (Å²) in [4.78, 5) is 4.48. The number of hydrogen-bond donors (Lipinski definition) is 1. The number of pyridine rings is 1. The van der Waals surface area contributed by atoms with Crippen LogP contribution in [0.2, 0.25) is 0 Å². The molecule has 2 bridgehead atoms. The van der Waals surface area contributed by atoms with E-state index in [-0.39, 0.29) is 5.41 Å². The molecule has 3 heteroatoms. The molecule has 0 aliphatic heterocycles. The van der Waals surface area contributed by atoms with Gasteiger partial charge in [0.05, 0.1) is 5.69 Å². The number of aromatic nitrogens is 1. The van der Waals surface area contributed by atoms with Crippen molar-refractivity contribution in [3.05, 3.63) is 28.5 Å². The van der Waals surface area contributed by atoms with E-state index in [1.165, 1.54) is 6.42 Å². The highest BCUT2D eigenvalue weighted by molar-refractivity contribution is 9.10. The molecule has 3 rings (SSSR count). The highest BCUT2D eigenvalue weighted by Crippen LogP contribution is 2.64. The van der Waals surface area contributed by atoms with Crippen LogP contribution in [0.4, 0.5) is 0 Å². The third kappa shape index (κ3) is 1.52. The molecule has 1 aromatic heterocycles. The normalized spacial score (nSPS) is 38.6. The molecule has 17 heavy (non-hydrogen) atoms. The number of rotatable bonds is 1. The van der Waals surface area contributed by atoms with Gasteiger partial charge in [0.1, 0.15) is 10.2 Å². The first-order valence-electron chi connectivity index (χ1n) is 6.30. The van der Waals surface area contributed by atoms with E-state index in [0.29, 0.717) is 11.8 Å². The van der Waals surface area contributed by atoms with Gasteiger partial charge in [-0.3, -0.25) is 0 Å². The molecular formula is C14H18BrNO. The van der Waals surface area contributed by atoms with Gasteiger partial charge in [0.15, 0.2) is 0 Å². The van der Waals surface area contributed by atoms with Crippen molar-refractivity contribution in [2.24, 2.45) is 17.3 Å². The molecule has 0 amide bonds. The minimum absolute atomic E-state index is 0.249. The molecule has 1 N–H and O–H groups in total. The molecule has 0 aromatic carbocycles. The van der Waals surface area contributed by atoms with Crippen LogP contribution in [-0.2, 0) is 5.60 Å². The number of aliphatic hydroxyl groups is 1. The van der Waals surface area contributed by atoms with Gasteiger partial charge in [0.2, 0.25) is 0 Å². The number of halogens is 1. The maximum absolute atomic E-state index is 11.0. The third-order valence-corrected chi connectivity index (χ3v) is 5.49. The zero-order valence-corrected chi connectivity index (χ0v) is 11.9. The number of hydrogen-bond acceptors (Lipinski definition) is 2. The smallest absolute Gasteiger partial charge is 0.110 e. The van der Waals surface area contributed by atoms with E-state index < -0.39 is 5.60 Å². The van der Waals surface area contributed by atoms with Crippen LogP contribution < -0.4 is 0 Å². The van der Waals surface area contributed by atoms with E-state index in [1.807, 2.05) is 18.2 Å². The van der Waals surface area contributed by atoms with Crippen LogP contribution in [0.15, 0.2) is 22.8 Å². The van der Waals surface area contributed by atoms with E-state index in [4.69, 9.17) is 0 Å². The van der Waals surface area contributed by atoms with Gasteiger partial charge in [-0.2, -0.15) is 0 Å². The SMILES string of the molecule is CC1(C)[C@H]2CC[C@@H]1[C@](O)(c1cccc(Br)n1)C2. The van der Waals surface area contributed by atoms with Gasteiger partial charge in [0, 0.05) is 0 Å². The lowest BCUT2D eigenvalue weighted by atomic mass is 9.76. The molecule has 1 heterocycles. The van der Waals surface area contributed by atoms with E-state index in [1.54, 1.807) is 0 Å². The lowest BCUT2D eigenvalue weighted by molar-refractivity contribution is -0.0347. The first kappa shape index (κ1) is 11.7. The number of nitrogens with zero attached hydrogens (tertiary/aromatic N) is 1. The molecule has 2 saturated carbocycles. The lowest BCUT2D eigenvalue weighted by Gasteiger charge is -2.34. The van der Waals surface area contributed by atoms with Crippen LogP contribution in [0.1, 0.15) is 38.8 Å². The van der Waals surface area contributed by atoms with Crippen LogP contribution in [-0.4, -0.2) is 10.1 Å². The van der Waals surface area contributed by atoms with Crippen LogP contribution in [0.25, 0.3) is 0 Å². The van der Waals surface area contributed by atoms with Gasteiger partial charge in [-0.25, -0.2) is 4.98 Å². The van der Waals surface area contributed by atoms with Gasteiger partial charge in [-0.05, 0) is 64.6 Å². The highest BCUT2D eigenvalue weighted by atomic mass is 79.9. The second-order valence-electron chi connectivity index (χ2n) is 6.12. The Morgan fingerprint density at radius 2 is 2.12 bits per heavy atom. The standard InChI is InChI=1S/C14H18BrNO/c1-13(2)9-6-7-10(13)14(17,8-9)11-4-3-5-12(15)16-11/h3-5,9-10,17H,6-8H2,1-2H3/t9-,10-,14-/m0/s1. The van der Waals surface area contributed by atoms with Crippen molar-refractivity contribution in [2.45, 2.75) is 38.7 Å². The number of fused-ring (bicyclic) bond motifs is 2. The largest absolute Gasteiger partial charge is 0.383 e. The Bertz CT molecular complexity index is 459. The molecule has 0 saturated heterocycles. The summed E-state index contributed by atoms with van der Waals surface area (Å²) in [5, 5.41) is 11.0. The van der Waals surface area contributed by atoms with Gasteiger partial charge in [-0.15, -0.1) is 0 Å². The predicted octanol–water partition coefficient (Wildman–Crippen LogP) is 3.49. The third-order valence-electron chi connectivity index (χ3n) is 5.05. The molecular weight excluding hydrogens is 278 g/mol. The summed E-state index contributed by atoms with van der Waals surface area (Å²) in [6.07, 6.45) is 3.25. The zero-order chi connectivity index (χ0) is 12.3. The first-order valence-corrected chi connectivity index (χ1v) is 7.09. The van der Waals surface area contributed by atoms with Crippen molar-refractivity contribution in [2.75, 3.05) is 0 Å². The van der Waals surface area contributed by atoms with Crippen molar-refractivity contribution >= 4 is 15.9 Å². The van der Waals surface area contributed by atoms with E-state index in [2.05, 4.69) is 34.8 Å². The Hall–Kier alpha value is -0.410. The summed E-state index contributed by atoms with van der Waals surface area (Å²) in [7, 11) is 0. The highest BCUT2D eigenvalue weighted by Gasteiger charge is 2.61. The summed E-state index contributed by atoms with van der Waals surface area (Å²) in [5.41, 5.74) is 0.377. The van der Waals surface area contributed by atoms with Crippen molar-refractivity contribution in [3.63, 3.8) is 0 Å². The van der Waals surface area contributed by atoms with Crippen LogP contribution in [0, 0.1) is 17.3 Å². The monoisotopic (exact) mass is 295 g/mol. The van der Waals surface area contributed by atoms with Crippen LogP contribution >= 0.6 is 15.9 Å². The van der Waals surface area contributed by atoms with Crippen LogP contribution in [0.5, 0.6) is 0 Å². The fraction of sp³-hybridized carbons (Fsp3) is 0.643. The first-order chi connectivity index (χ1) is 7.94. The fourth-order valence-corrected chi connectivity index (χ4v) is 4.41. The second-order valence-corrected chi connectivity index (χ2v) is 6.93. The molecule has 0 spiro atoms. The Morgan fingerprint density at radius 3 is 2.65 bits per heavy atom. The second kappa shape index (κ2) is 3.55. The molecule has 0 radical (unpaired) electrons.